The summed E-state index contributed by atoms with van der Waals surface area (Å²) < 4.78 is 14.4. The Labute approximate surface area is 117 Å². The highest BCUT2D eigenvalue weighted by molar-refractivity contribution is 9.10. The number of hydrogen-bond acceptors (Lipinski definition) is 2. The molecule has 2 rings (SSSR count). The van der Waals surface area contributed by atoms with Crippen molar-refractivity contribution in [3.05, 3.63) is 57.3 Å². The van der Waals surface area contributed by atoms with Crippen LogP contribution < -0.4 is 5.32 Å². The van der Waals surface area contributed by atoms with Crippen LogP contribution in [0.15, 0.2) is 40.9 Å². The molecule has 1 N–H and O–H groups in total. The van der Waals surface area contributed by atoms with Crippen LogP contribution >= 0.6 is 27.5 Å². The first-order valence-electron chi connectivity index (χ1n) is 5.02. The Balaban J connectivity index is 2.37. The smallest absolute Gasteiger partial charge is 0.148 e. The Morgan fingerprint density at radius 2 is 1.89 bits per heavy atom. The summed E-state index contributed by atoms with van der Waals surface area (Å²) in [5, 5.41) is 12.2. The normalized spacial score (nSPS) is 9.89. The number of nitrogens with zero attached hydrogens (tertiary/aromatic N) is 1. The molecule has 0 amide bonds. The summed E-state index contributed by atoms with van der Waals surface area (Å²) >= 11 is 8.95. The maximum atomic E-state index is 13.6. The molecule has 0 aliphatic carbocycles. The van der Waals surface area contributed by atoms with Crippen LogP contribution in [0.4, 0.5) is 15.8 Å². The van der Waals surface area contributed by atoms with E-state index < -0.39 is 5.82 Å². The second-order valence-corrected chi connectivity index (χ2v) is 4.90. The van der Waals surface area contributed by atoms with Crippen molar-refractivity contribution in [1.29, 1.82) is 5.26 Å². The summed E-state index contributed by atoms with van der Waals surface area (Å²) in [7, 11) is 0. The predicted molar refractivity (Wildman–Crippen MR) is 73.5 cm³/mol. The van der Waals surface area contributed by atoms with Gasteiger partial charge in [-0.25, -0.2) is 4.39 Å². The zero-order valence-corrected chi connectivity index (χ0v) is 11.4. The summed E-state index contributed by atoms with van der Waals surface area (Å²) in [4.78, 5) is 0. The van der Waals surface area contributed by atoms with Crippen molar-refractivity contribution in [1.82, 2.24) is 0 Å². The van der Waals surface area contributed by atoms with Gasteiger partial charge in [0.25, 0.3) is 0 Å². The molecule has 2 nitrogen and oxygen atoms in total. The standard InChI is InChI=1S/C13H7BrClFN2/c14-9-1-3-12(8(5-9)7-17)18-13-4-2-10(15)6-11(13)16/h1-6,18H. The highest BCUT2D eigenvalue weighted by Gasteiger charge is 2.07. The Morgan fingerprint density at radius 1 is 1.17 bits per heavy atom. The molecule has 5 heteroatoms. The number of hydrogen-bond donors (Lipinski definition) is 1. The minimum atomic E-state index is -0.464. The van der Waals surface area contributed by atoms with Crippen LogP contribution in [-0.4, -0.2) is 0 Å². The van der Waals surface area contributed by atoms with Gasteiger partial charge in [-0.2, -0.15) is 5.26 Å². The van der Waals surface area contributed by atoms with Crippen molar-refractivity contribution in [3.8, 4) is 6.07 Å². The third kappa shape index (κ3) is 2.81. The maximum absolute atomic E-state index is 13.6. The Bertz CT molecular complexity index is 637. The molecule has 0 atom stereocenters. The Hall–Kier alpha value is -1.57. The first kappa shape index (κ1) is 12.9. The largest absolute Gasteiger partial charge is 0.352 e. The molecular formula is C13H7BrClFN2. The van der Waals surface area contributed by atoms with E-state index >= 15 is 0 Å². The number of benzene rings is 2. The van der Waals surface area contributed by atoms with Crippen molar-refractivity contribution in [3.63, 3.8) is 0 Å². The zero-order valence-electron chi connectivity index (χ0n) is 9.05. The first-order chi connectivity index (χ1) is 8.60. The molecule has 0 radical (unpaired) electrons. The molecule has 0 spiro atoms. The highest BCUT2D eigenvalue weighted by Crippen LogP contribution is 2.26. The van der Waals surface area contributed by atoms with Gasteiger partial charge in [-0.15, -0.1) is 0 Å². The fourth-order valence-electron chi connectivity index (χ4n) is 1.45. The molecule has 0 unspecified atom stereocenters. The average Bonchev–Trinajstić information content (AvgIpc) is 2.34. The lowest BCUT2D eigenvalue weighted by atomic mass is 10.2. The molecule has 0 bridgehead atoms. The van der Waals surface area contributed by atoms with Crippen molar-refractivity contribution in [2.75, 3.05) is 5.32 Å². The summed E-state index contributed by atoms with van der Waals surface area (Å²) in [5.74, 6) is -0.464. The molecule has 0 aliphatic rings. The summed E-state index contributed by atoms with van der Waals surface area (Å²) in [6.07, 6.45) is 0. The molecule has 0 aromatic heterocycles. The minimum Gasteiger partial charge on any atom is -0.352 e. The van der Waals surface area contributed by atoms with E-state index in [2.05, 4.69) is 21.2 Å². The van der Waals surface area contributed by atoms with Crippen LogP contribution in [0.25, 0.3) is 0 Å². The van der Waals surface area contributed by atoms with Gasteiger partial charge in [0.05, 0.1) is 16.9 Å². The van der Waals surface area contributed by atoms with E-state index in [4.69, 9.17) is 16.9 Å². The van der Waals surface area contributed by atoms with Gasteiger partial charge in [0.1, 0.15) is 11.9 Å². The number of anilines is 2. The van der Waals surface area contributed by atoms with Crippen molar-refractivity contribution in [2.24, 2.45) is 0 Å². The Kier molecular flexibility index (Phi) is 3.85. The minimum absolute atomic E-state index is 0.276. The lowest BCUT2D eigenvalue weighted by Crippen LogP contribution is -1.96. The lowest BCUT2D eigenvalue weighted by Gasteiger charge is -2.09. The van der Waals surface area contributed by atoms with Gasteiger partial charge in [-0.1, -0.05) is 27.5 Å². The van der Waals surface area contributed by atoms with Crippen molar-refractivity contribution >= 4 is 38.9 Å². The van der Waals surface area contributed by atoms with E-state index in [-0.39, 0.29) is 5.69 Å². The van der Waals surface area contributed by atoms with E-state index in [0.29, 0.717) is 16.3 Å². The molecule has 2 aromatic rings. The van der Waals surface area contributed by atoms with E-state index in [0.717, 1.165) is 4.47 Å². The highest BCUT2D eigenvalue weighted by atomic mass is 79.9. The fraction of sp³-hybridized carbons (Fsp3) is 0. The van der Waals surface area contributed by atoms with E-state index in [1.54, 1.807) is 24.3 Å². The Morgan fingerprint density at radius 3 is 2.56 bits per heavy atom. The summed E-state index contributed by atoms with van der Waals surface area (Å²) in [5.41, 5.74) is 1.25. The van der Waals surface area contributed by atoms with Crippen LogP contribution in [0.5, 0.6) is 0 Å². The molecule has 0 fully saturated rings. The second kappa shape index (κ2) is 5.38. The third-order valence-electron chi connectivity index (χ3n) is 2.30. The van der Waals surface area contributed by atoms with Crippen LogP contribution in [0, 0.1) is 17.1 Å². The summed E-state index contributed by atoms with van der Waals surface area (Å²) in [6, 6.07) is 11.5. The van der Waals surface area contributed by atoms with Gasteiger partial charge in [-0.05, 0) is 36.4 Å². The van der Waals surface area contributed by atoms with Gasteiger partial charge in [0, 0.05) is 9.50 Å². The topological polar surface area (TPSA) is 35.8 Å². The molecular weight excluding hydrogens is 319 g/mol. The SMILES string of the molecule is N#Cc1cc(Br)ccc1Nc1ccc(Cl)cc1F. The average molecular weight is 326 g/mol. The van der Waals surface area contributed by atoms with Gasteiger partial charge in [-0.3, -0.25) is 0 Å². The molecule has 18 heavy (non-hydrogen) atoms. The quantitative estimate of drug-likeness (QED) is 0.856. The molecule has 90 valence electrons. The molecule has 0 heterocycles. The van der Waals surface area contributed by atoms with Crippen LogP contribution in [0.3, 0.4) is 0 Å². The van der Waals surface area contributed by atoms with E-state index in [9.17, 15) is 4.39 Å². The number of halogens is 3. The fourth-order valence-corrected chi connectivity index (χ4v) is 1.97. The molecule has 0 saturated heterocycles. The molecule has 0 saturated carbocycles. The van der Waals surface area contributed by atoms with Crippen LogP contribution in [0.1, 0.15) is 5.56 Å². The van der Waals surface area contributed by atoms with Gasteiger partial charge in [0.2, 0.25) is 0 Å². The van der Waals surface area contributed by atoms with E-state index in [1.807, 2.05) is 6.07 Å². The van der Waals surface area contributed by atoms with Crippen LogP contribution in [0.2, 0.25) is 5.02 Å². The lowest BCUT2D eigenvalue weighted by molar-refractivity contribution is 0.632. The van der Waals surface area contributed by atoms with E-state index in [1.165, 1.54) is 12.1 Å². The van der Waals surface area contributed by atoms with Gasteiger partial charge < -0.3 is 5.32 Å². The number of nitrogens with one attached hydrogen (secondary N) is 1. The maximum Gasteiger partial charge on any atom is 0.148 e. The predicted octanol–water partition coefficient (Wildman–Crippen LogP) is 4.86. The summed E-state index contributed by atoms with van der Waals surface area (Å²) in [6.45, 7) is 0. The monoisotopic (exact) mass is 324 g/mol. The number of rotatable bonds is 2. The molecule has 2 aromatic carbocycles. The molecule has 0 aliphatic heterocycles. The van der Waals surface area contributed by atoms with Crippen molar-refractivity contribution < 1.29 is 4.39 Å². The second-order valence-electron chi connectivity index (χ2n) is 3.55. The first-order valence-corrected chi connectivity index (χ1v) is 6.19. The zero-order chi connectivity index (χ0) is 13.1. The van der Waals surface area contributed by atoms with Gasteiger partial charge >= 0.3 is 0 Å². The van der Waals surface area contributed by atoms with Crippen molar-refractivity contribution in [2.45, 2.75) is 0 Å². The van der Waals surface area contributed by atoms with Gasteiger partial charge in [0.15, 0.2) is 0 Å². The van der Waals surface area contributed by atoms with Crippen LogP contribution in [-0.2, 0) is 0 Å². The number of nitriles is 1. The third-order valence-corrected chi connectivity index (χ3v) is 3.03.